The molecule has 1 nitrogen and oxygen atoms in total. The molecule has 1 aromatic heterocycles. The monoisotopic (exact) mass is 218 g/mol. The van der Waals surface area contributed by atoms with E-state index in [1.807, 2.05) is 11.4 Å². The van der Waals surface area contributed by atoms with Crippen molar-refractivity contribution in [3.8, 4) is 0 Å². The molecule has 0 saturated heterocycles. The van der Waals surface area contributed by atoms with E-state index in [1.54, 1.807) is 18.3 Å². The zero-order chi connectivity index (χ0) is 7.56. The Bertz CT molecular complexity index is 242. The third-order valence-electron chi connectivity index (χ3n) is 1.10. The van der Waals surface area contributed by atoms with Crippen LogP contribution >= 0.6 is 27.3 Å². The van der Waals surface area contributed by atoms with E-state index in [-0.39, 0.29) is 5.78 Å². The minimum Gasteiger partial charge on any atom is -0.300 e. The Morgan fingerprint density at radius 2 is 2.50 bits per heavy atom. The molecule has 0 N–H and O–H groups in total. The summed E-state index contributed by atoms with van der Waals surface area (Å²) in [7, 11) is 0. The van der Waals surface area contributed by atoms with Crippen molar-refractivity contribution in [3.63, 3.8) is 0 Å². The summed E-state index contributed by atoms with van der Waals surface area (Å²) in [4.78, 5) is 11.8. The van der Waals surface area contributed by atoms with Gasteiger partial charge in [-0.15, -0.1) is 11.3 Å². The molecular formula is C7H7BrOS. The maximum Gasteiger partial charge on any atom is 0.135 e. The number of ketones is 1. The van der Waals surface area contributed by atoms with E-state index >= 15 is 0 Å². The summed E-state index contributed by atoms with van der Waals surface area (Å²) in [6.45, 7) is 1.60. The standard InChI is InChI=1S/C7H7BrOS/c1-5(9)4-7-6(8)2-3-10-7/h2-3H,4H2,1H3. The van der Waals surface area contributed by atoms with E-state index in [9.17, 15) is 4.79 Å². The van der Waals surface area contributed by atoms with Gasteiger partial charge in [-0.2, -0.15) is 0 Å². The molecule has 0 atom stereocenters. The van der Waals surface area contributed by atoms with Crippen LogP contribution in [0.4, 0.5) is 0 Å². The molecule has 0 aliphatic rings. The van der Waals surface area contributed by atoms with Crippen LogP contribution in [0, 0.1) is 0 Å². The highest BCUT2D eigenvalue weighted by molar-refractivity contribution is 9.10. The maximum absolute atomic E-state index is 10.6. The third kappa shape index (κ3) is 1.92. The van der Waals surface area contributed by atoms with Gasteiger partial charge in [0.25, 0.3) is 0 Å². The molecule has 0 saturated carbocycles. The lowest BCUT2D eigenvalue weighted by Gasteiger charge is -1.90. The average Bonchev–Trinajstić information content (AvgIpc) is 2.15. The van der Waals surface area contributed by atoms with Crippen molar-refractivity contribution < 1.29 is 4.79 Å². The molecule has 1 rings (SSSR count). The zero-order valence-electron chi connectivity index (χ0n) is 5.56. The van der Waals surface area contributed by atoms with Gasteiger partial charge in [-0.3, -0.25) is 4.79 Å². The van der Waals surface area contributed by atoms with Crippen LogP contribution in [0.25, 0.3) is 0 Å². The normalized spacial score (nSPS) is 9.80. The summed E-state index contributed by atoms with van der Waals surface area (Å²) >= 11 is 4.96. The molecule has 0 aromatic carbocycles. The van der Waals surface area contributed by atoms with Gasteiger partial charge in [0.05, 0.1) is 0 Å². The van der Waals surface area contributed by atoms with Crippen molar-refractivity contribution in [1.82, 2.24) is 0 Å². The summed E-state index contributed by atoms with van der Waals surface area (Å²) < 4.78 is 1.05. The van der Waals surface area contributed by atoms with E-state index in [0.717, 1.165) is 9.35 Å². The van der Waals surface area contributed by atoms with Crippen LogP contribution in [-0.2, 0) is 11.2 Å². The minimum atomic E-state index is 0.211. The SMILES string of the molecule is CC(=O)Cc1sccc1Br. The Labute approximate surface area is 72.2 Å². The molecule has 0 spiro atoms. The van der Waals surface area contributed by atoms with Crippen LogP contribution in [0.5, 0.6) is 0 Å². The van der Waals surface area contributed by atoms with E-state index < -0.39 is 0 Å². The van der Waals surface area contributed by atoms with Crippen molar-refractivity contribution in [3.05, 3.63) is 20.8 Å². The molecule has 0 aliphatic carbocycles. The van der Waals surface area contributed by atoms with Crippen LogP contribution < -0.4 is 0 Å². The summed E-state index contributed by atoms with van der Waals surface area (Å²) in [5.74, 6) is 0.211. The molecule has 54 valence electrons. The molecule has 0 radical (unpaired) electrons. The number of Topliss-reactive ketones (excluding diaryl/α,β-unsaturated/α-hetero) is 1. The fourth-order valence-electron chi connectivity index (χ4n) is 0.677. The van der Waals surface area contributed by atoms with E-state index in [2.05, 4.69) is 15.9 Å². The predicted molar refractivity (Wildman–Crippen MR) is 46.4 cm³/mol. The van der Waals surface area contributed by atoms with Crippen molar-refractivity contribution in [2.24, 2.45) is 0 Å². The smallest absolute Gasteiger partial charge is 0.135 e. The van der Waals surface area contributed by atoms with E-state index in [1.165, 1.54) is 0 Å². The van der Waals surface area contributed by atoms with Crippen LogP contribution in [0.2, 0.25) is 0 Å². The van der Waals surface area contributed by atoms with Crippen molar-refractivity contribution in [2.75, 3.05) is 0 Å². The van der Waals surface area contributed by atoms with E-state index in [4.69, 9.17) is 0 Å². The largest absolute Gasteiger partial charge is 0.300 e. The quantitative estimate of drug-likeness (QED) is 0.747. The second kappa shape index (κ2) is 3.30. The van der Waals surface area contributed by atoms with Gasteiger partial charge < -0.3 is 0 Å². The van der Waals surface area contributed by atoms with Crippen LogP contribution in [0.1, 0.15) is 11.8 Å². The zero-order valence-corrected chi connectivity index (χ0v) is 7.96. The lowest BCUT2D eigenvalue weighted by atomic mass is 10.3. The molecule has 0 bridgehead atoms. The number of carbonyl (C=O) groups excluding carboxylic acids is 1. The van der Waals surface area contributed by atoms with Crippen LogP contribution in [0.3, 0.4) is 0 Å². The Balaban J connectivity index is 2.74. The molecule has 0 fully saturated rings. The van der Waals surface area contributed by atoms with Crippen molar-refractivity contribution in [2.45, 2.75) is 13.3 Å². The molecule has 1 heterocycles. The van der Waals surface area contributed by atoms with Crippen LogP contribution in [-0.4, -0.2) is 5.78 Å². The Hall–Kier alpha value is -0.150. The molecule has 0 aliphatic heterocycles. The lowest BCUT2D eigenvalue weighted by molar-refractivity contribution is -0.116. The fraction of sp³-hybridized carbons (Fsp3) is 0.286. The van der Waals surface area contributed by atoms with Gasteiger partial charge in [0.15, 0.2) is 0 Å². The molecule has 1 aromatic rings. The summed E-state index contributed by atoms with van der Waals surface area (Å²) in [6.07, 6.45) is 0.554. The number of hydrogen-bond donors (Lipinski definition) is 0. The van der Waals surface area contributed by atoms with Gasteiger partial charge in [0.2, 0.25) is 0 Å². The average molecular weight is 219 g/mol. The highest BCUT2D eigenvalue weighted by Crippen LogP contribution is 2.22. The lowest BCUT2D eigenvalue weighted by Crippen LogP contribution is -1.93. The predicted octanol–water partition coefficient (Wildman–Crippen LogP) is 2.64. The first-order valence-corrected chi connectivity index (χ1v) is 4.58. The van der Waals surface area contributed by atoms with Gasteiger partial charge in [0, 0.05) is 15.8 Å². The number of carbonyl (C=O) groups is 1. The first-order valence-electron chi connectivity index (χ1n) is 2.91. The van der Waals surface area contributed by atoms with Gasteiger partial charge in [0.1, 0.15) is 5.78 Å². The number of hydrogen-bond acceptors (Lipinski definition) is 2. The van der Waals surface area contributed by atoms with Crippen molar-refractivity contribution in [1.29, 1.82) is 0 Å². The first kappa shape index (κ1) is 7.95. The maximum atomic E-state index is 10.6. The third-order valence-corrected chi connectivity index (χ3v) is 3.03. The Morgan fingerprint density at radius 3 is 2.90 bits per heavy atom. The van der Waals surface area contributed by atoms with Crippen molar-refractivity contribution >= 4 is 33.0 Å². The molecule has 3 heteroatoms. The van der Waals surface area contributed by atoms with Crippen LogP contribution in [0.15, 0.2) is 15.9 Å². The highest BCUT2D eigenvalue weighted by atomic mass is 79.9. The second-order valence-electron chi connectivity index (χ2n) is 2.07. The minimum absolute atomic E-state index is 0.211. The Kier molecular flexibility index (Phi) is 2.63. The second-order valence-corrected chi connectivity index (χ2v) is 3.93. The molecule has 10 heavy (non-hydrogen) atoms. The molecule has 0 amide bonds. The number of rotatable bonds is 2. The topological polar surface area (TPSA) is 17.1 Å². The summed E-state index contributed by atoms with van der Waals surface area (Å²) in [5.41, 5.74) is 0. The number of thiophene rings is 1. The summed E-state index contributed by atoms with van der Waals surface area (Å²) in [5, 5.41) is 1.97. The van der Waals surface area contributed by atoms with E-state index in [0.29, 0.717) is 6.42 Å². The summed E-state index contributed by atoms with van der Waals surface area (Å²) in [6, 6.07) is 1.96. The van der Waals surface area contributed by atoms with Gasteiger partial charge in [-0.1, -0.05) is 0 Å². The Morgan fingerprint density at radius 1 is 1.80 bits per heavy atom. The number of halogens is 1. The first-order chi connectivity index (χ1) is 4.70. The fourth-order valence-corrected chi connectivity index (χ4v) is 2.24. The van der Waals surface area contributed by atoms with Gasteiger partial charge in [-0.05, 0) is 34.3 Å². The van der Waals surface area contributed by atoms with Gasteiger partial charge >= 0.3 is 0 Å². The molecular weight excluding hydrogens is 212 g/mol. The highest BCUT2D eigenvalue weighted by Gasteiger charge is 2.02. The molecule has 0 unspecified atom stereocenters. The van der Waals surface area contributed by atoms with Gasteiger partial charge in [-0.25, -0.2) is 0 Å².